The highest BCUT2D eigenvalue weighted by Gasteiger charge is 2.60. The summed E-state index contributed by atoms with van der Waals surface area (Å²) < 4.78 is 5.37. The lowest BCUT2D eigenvalue weighted by molar-refractivity contribution is -0.149. The molecule has 5 nitrogen and oxygen atoms in total. The van der Waals surface area contributed by atoms with Crippen molar-refractivity contribution < 1.29 is 14.3 Å². The Morgan fingerprint density at radius 3 is 2.24 bits per heavy atom. The van der Waals surface area contributed by atoms with Gasteiger partial charge in [0.15, 0.2) is 0 Å². The molecule has 5 fully saturated rings. The molecule has 2 N–H and O–H groups in total. The summed E-state index contributed by atoms with van der Waals surface area (Å²) >= 11 is 0. The summed E-state index contributed by atoms with van der Waals surface area (Å²) in [5, 5.41) is 6.26. The van der Waals surface area contributed by atoms with Gasteiger partial charge in [0.05, 0.1) is 12.5 Å². The second kappa shape index (κ2) is 8.14. The second-order valence-electron chi connectivity index (χ2n) is 11.4. The van der Waals surface area contributed by atoms with Crippen LogP contribution in [0.2, 0.25) is 0 Å². The molecule has 2 aromatic carbocycles. The molecule has 0 saturated heterocycles. The van der Waals surface area contributed by atoms with Gasteiger partial charge in [-0.05, 0) is 104 Å². The Labute approximate surface area is 201 Å². The molecule has 0 radical (unpaired) electrons. The fourth-order valence-corrected chi connectivity index (χ4v) is 7.48. The number of benzene rings is 2. The summed E-state index contributed by atoms with van der Waals surface area (Å²) in [5.74, 6) is 2.71. The van der Waals surface area contributed by atoms with Crippen molar-refractivity contribution >= 4 is 17.5 Å². The van der Waals surface area contributed by atoms with E-state index < -0.39 is 0 Å². The molecule has 34 heavy (non-hydrogen) atoms. The number of carbonyl (C=O) groups is 2. The minimum absolute atomic E-state index is 0.119. The van der Waals surface area contributed by atoms with Gasteiger partial charge in [-0.1, -0.05) is 24.3 Å². The summed E-state index contributed by atoms with van der Waals surface area (Å²) in [7, 11) is 1.71. The van der Waals surface area contributed by atoms with Crippen molar-refractivity contribution in [2.75, 3.05) is 12.4 Å². The number of rotatable bonds is 7. The van der Waals surface area contributed by atoms with E-state index in [4.69, 9.17) is 4.74 Å². The van der Waals surface area contributed by atoms with Crippen LogP contribution in [0.25, 0.3) is 0 Å². The van der Waals surface area contributed by atoms with Crippen LogP contribution in [0.4, 0.5) is 5.69 Å². The highest BCUT2D eigenvalue weighted by atomic mass is 16.5. The van der Waals surface area contributed by atoms with Gasteiger partial charge in [0.25, 0.3) is 0 Å². The van der Waals surface area contributed by atoms with Crippen molar-refractivity contribution in [3.63, 3.8) is 0 Å². The lowest BCUT2D eigenvalue weighted by atomic mass is 9.42. The summed E-state index contributed by atoms with van der Waals surface area (Å²) in [6, 6.07) is 16.5. The average molecular weight is 459 g/mol. The van der Waals surface area contributed by atoms with Crippen molar-refractivity contribution in [3.05, 3.63) is 59.7 Å². The largest absolute Gasteiger partial charge is 0.497 e. The molecule has 0 aliphatic heterocycles. The molecule has 5 heteroatoms. The minimum Gasteiger partial charge on any atom is -0.497 e. The number of hydrogen-bond acceptors (Lipinski definition) is 3. The second-order valence-corrected chi connectivity index (χ2v) is 11.4. The quantitative estimate of drug-likeness (QED) is 0.599. The van der Waals surface area contributed by atoms with Crippen LogP contribution >= 0.6 is 0 Å². The van der Waals surface area contributed by atoms with E-state index >= 15 is 0 Å². The molecule has 2 unspecified atom stereocenters. The lowest BCUT2D eigenvalue weighted by Crippen LogP contribution is -2.59. The van der Waals surface area contributed by atoms with E-state index in [2.05, 4.69) is 34.9 Å². The zero-order valence-corrected chi connectivity index (χ0v) is 19.9. The van der Waals surface area contributed by atoms with Gasteiger partial charge in [-0.3, -0.25) is 9.59 Å². The van der Waals surface area contributed by atoms with Gasteiger partial charge in [0.1, 0.15) is 5.75 Å². The van der Waals surface area contributed by atoms with Crippen LogP contribution in [-0.2, 0) is 21.5 Å². The maximum absolute atomic E-state index is 13.7. The third-order valence-electron chi connectivity index (χ3n) is 8.87. The number of nitrogens with one attached hydrogen (secondary N) is 2. The van der Waals surface area contributed by atoms with E-state index in [0.29, 0.717) is 18.4 Å². The molecule has 7 rings (SSSR count). The van der Waals surface area contributed by atoms with E-state index in [1.807, 2.05) is 24.3 Å². The minimum atomic E-state index is -0.248. The van der Waals surface area contributed by atoms with Gasteiger partial charge >= 0.3 is 0 Å². The first-order valence-corrected chi connectivity index (χ1v) is 12.8. The SMILES string of the molecule is COc1ccc(C23CC4CC(CC(C(=O)NCc5ccc(NC(=O)C6CC6)cc5)(C4)C2)C3)cc1. The highest BCUT2D eigenvalue weighted by molar-refractivity contribution is 5.94. The smallest absolute Gasteiger partial charge is 0.227 e. The molecule has 0 aromatic heterocycles. The van der Waals surface area contributed by atoms with Crippen molar-refractivity contribution in [2.24, 2.45) is 23.2 Å². The van der Waals surface area contributed by atoms with Crippen LogP contribution in [0.1, 0.15) is 62.5 Å². The van der Waals surface area contributed by atoms with Crippen molar-refractivity contribution in [2.45, 2.75) is 63.3 Å². The van der Waals surface area contributed by atoms with E-state index in [-0.39, 0.29) is 28.6 Å². The van der Waals surface area contributed by atoms with Crippen molar-refractivity contribution in [1.82, 2.24) is 5.32 Å². The first-order valence-electron chi connectivity index (χ1n) is 12.8. The summed E-state index contributed by atoms with van der Waals surface area (Å²) in [6.07, 6.45) is 8.70. The molecule has 5 aliphatic carbocycles. The number of carbonyl (C=O) groups excluding carboxylic acids is 2. The van der Waals surface area contributed by atoms with Crippen LogP contribution in [0.15, 0.2) is 48.5 Å². The Hall–Kier alpha value is -2.82. The normalized spacial score (nSPS) is 31.2. The Balaban J connectivity index is 1.14. The van der Waals surface area contributed by atoms with Gasteiger partial charge in [-0.25, -0.2) is 0 Å². The summed E-state index contributed by atoms with van der Waals surface area (Å²) in [6.45, 7) is 0.530. The topological polar surface area (TPSA) is 67.4 Å². The van der Waals surface area contributed by atoms with Gasteiger partial charge in [-0.2, -0.15) is 0 Å². The van der Waals surface area contributed by atoms with Gasteiger partial charge in [0.2, 0.25) is 11.8 Å². The predicted molar refractivity (Wildman–Crippen MR) is 131 cm³/mol. The highest BCUT2D eigenvalue weighted by Crippen LogP contribution is 2.65. The van der Waals surface area contributed by atoms with Crippen molar-refractivity contribution in [1.29, 1.82) is 0 Å². The lowest BCUT2D eigenvalue weighted by Gasteiger charge is -2.61. The molecule has 0 spiro atoms. The van der Waals surface area contributed by atoms with E-state index in [0.717, 1.165) is 49.1 Å². The molecule has 178 valence electrons. The first-order chi connectivity index (χ1) is 16.5. The number of ether oxygens (including phenoxy) is 1. The molecular weight excluding hydrogens is 424 g/mol. The maximum Gasteiger partial charge on any atom is 0.227 e. The molecule has 0 heterocycles. The third kappa shape index (κ3) is 3.89. The summed E-state index contributed by atoms with van der Waals surface area (Å²) in [5.41, 5.74) is 3.14. The molecule has 5 saturated carbocycles. The molecule has 4 bridgehead atoms. The molecule has 2 atom stereocenters. The number of methoxy groups -OCH3 is 1. The van der Waals surface area contributed by atoms with E-state index in [1.165, 1.54) is 24.8 Å². The molecule has 2 amide bonds. The molecule has 5 aliphatic rings. The Morgan fingerprint density at radius 1 is 0.941 bits per heavy atom. The standard InChI is InChI=1S/C29H34N2O3/c1-34-25-10-6-23(7-11-25)28-13-20-12-21(14-28)16-29(15-20,18-28)27(33)30-17-19-2-8-24(9-3-19)31-26(32)22-4-5-22/h2-3,6-11,20-22H,4-5,12-18H2,1H3,(H,30,33)(H,31,32). The van der Waals surface area contributed by atoms with Gasteiger partial charge in [0, 0.05) is 18.2 Å². The van der Waals surface area contributed by atoms with Crippen molar-refractivity contribution in [3.8, 4) is 5.75 Å². The molecular formula is C29H34N2O3. The fraction of sp³-hybridized carbons (Fsp3) is 0.517. The first kappa shape index (κ1) is 21.7. The number of amides is 2. The predicted octanol–water partition coefficient (Wildman–Crippen LogP) is 5.20. The molecule has 2 aromatic rings. The van der Waals surface area contributed by atoms with Crippen LogP contribution in [0, 0.1) is 23.2 Å². The zero-order chi connectivity index (χ0) is 23.3. The number of hydrogen-bond donors (Lipinski definition) is 2. The Morgan fingerprint density at radius 2 is 1.62 bits per heavy atom. The number of anilines is 1. The van der Waals surface area contributed by atoms with E-state index in [1.54, 1.807) is 7.11 Å². The van der Waals surface area contributed by atoms with Crippen LogP contribution < -0.4 is 15.4 Å². The van der Waals surface area contributed by atoms with Crippen LogP contribution in [0.3, 0.4) is 0 Å². The Kier molecular flexibility index (Phi) is 5.20. The fourth-order valence-electron chi connectivity index (χ4n) is 7.48. The third-order valence-corrected chi connectivity index (χ3v) is 8.87. The van der Waals surface area contributed by atoms with Gasteiger partial charge in [-0.15, -0.1) is 0 Å². The van der Waals surface area contributed by atoms with E-state index in [9.17, 15) is 9.59 Å². The summed E-state index contributed by atoms with van der Waals surface area (Å²) in [4.78, 5) is 25.6. The monoisotopic (exact) mass is 458 g/mol. The van der Waals surface area contributed by atoms with Crippen LogP contribution in [0.5, 0.6) is 5.75 Å². The van der Waals surface area contributed by atoms with Crippen LogP contribution in [-0.4, -0.2) is 18.9 Å². The average Bonchev–Trinajstić information content (AvgIpc) is 3.68. The maximum atomic E-state index is 13.7. The zero-order valence-electron chi connectivity index (χ0n) is 19.9. The van der Waals surface area contributed by atoms with Gasteiger partial charge < -0.3 is 15.4 Å². The Bertz CT molecular complexity index is 1070.